The minimum absolute atomic E-state index is 0.0452. The molecule has 1 rings (SSSR count). The van der Waals surface area contributed by atoms with Crippen molar-refractivity contribution >= 4 is 11.5 Å². The highest BCUT2D eigenvalue weighted by molar-refractivity contribution is 5.85. The Hall–Kier alpha value is -1.55. The standard InChI is InChI=1S/C9H13N3O/c1-7(9(10)12-13)11-8-5-3-2-4-6-8/h2-7,11,13H,1H3,(H2,10,12)/t7-/m0/s1. The maximum absolute atomic E-state index is 8.47. The average molecular weight is 179 g/mol. The topological polar surface area (TPSA) is 68.1 Å². The molecule has 0 radical (unpaired) electrons. The van der Waals surface area contributed by atoms with Gasteiger partial charge in [-0.3, -0.25) is 16.1 Å². The molecule has 0 aliphatic rings. The fraction of sp³-hybridized carbons (Fsp3) is 0.222. The summed E-state index contributed by atoms with van der Waals surface area (Å²) in [4.78, 5) is 0. The van der Waals surface area contributed by atoms with Gasteiger partial charge < -0.3 is 5.32 Å². The number of benzene rings is 1. The first-order chi connectivity index (χ1) is 6.24. The molecule has 0 unspecified atom stereocenters. The van der Waals surface area contributed by atoms with Crippen LogP contribution in [-0.4, -0.2) is 17.1 Å². The van der Waals surface area contributed by atoms with Crippen LogP contribution in [0.2, 0.25) is 0 Å². The minimum atomic E-state index is -0.229. The molecule has 0 bridgehead atoms. The van der Waals surface area contributed by atoms with Crippen LogP contribution in [-0.2, 0) is 0 Å². The average Bonchev–Trinajstić information content (AvgIpc) is 2.18. The number of nitrogens with one attached hydrogen (secondary N) is 3. The molecule has 0 amide bonds. The Bertz CT molecular complexity index is 273. The molecule has 4 heteroatoms. The molecule has 0 fully saturated rings. The predicted octanol–water partition coefficient (Wildman–Crippen LogP) is 1.44. The van der Waals surface area contributed by atoms with E-state index in [1.807, 2.05) is 30.3 Å². The van der Waals surface area contributed by atoms with Crippen molar-refractivity contribution < 1.29 is 5.21 Å². The van der Waals surface area contributed by atoms with Gasteiger partial charge in [0.05, 0.1) is 6.04 Å². The van der Waals surface area contributed by atoms with E-state index in [0.29, 0.717) is 0 Å². The number of hydrogen-bond acceptors (Lipinski definition) is 3. The third-order valence-electron chi connectivity index (χ3n) is 1.71. The highest BCUT2D eigenvalue weighted by Crippen LogP contribution is 2.06. The van der Waals surface area contributed by atoms with Crippen molar-refractivity contribution in [3.05, 3.63) is 30.3 Å². The monoisotopic (exact) mass is 179 g/mol. The third kappa shape index (κ3) is 2.76. The second-order valence-corrected chi connectivity index (χ2v) is 2.76. The lowest BCUT2D eigenvalue weighted by Crippen LogP contribution is -2.34. The molecule has 0 aliphatic heterocycles. The molecule has 0 spiro atoms. The van der Waals surface area contributed by atoms with E-state index in [4.69, 9.17) is 10.6 Å². The van der Waals surface area contributed by atoms with Gasteiger partial charge in [-0.15, -0.1) is 0 Å². The van der Waals surface area contributed by atoms with Crippen LogP contribution in [0.25, 0.3) is 0 Å². The maximum Gasteiger partial charge on any atom is 0.140 e. The molecule has 0 saturated carbocycles. The number of rotatable bonds is 3. The van der Waals surface area contributed by atoms with Gasteiger partial charge in [0.1, 0.15) is 5.84 Å². The largest absolute Gasteiger partial charge is 0.375 e. The van der Waals surface area contributed by atoms with Crippen molar-refractivity contribution in [3.8, 4) is 0 Å². The van der Waals surface area contributed by atoms with Gasteiger partial charge >= 0.3 is 0 Å². The fourth-order valence-electron chi connectivity index (χ4n) is 0.953. The van der Waals surface area contributed by atoms with Crippen LogP contribution >= 0.6 is 0 Å². The third-order valence-corrected chi connectivity index (χ3v) is 1.71. The van der Waals surface area contributed by atoms with Gasteiger partial charge in [0.2, 0.25) is 0 Å². The van der Waals surface area contributed by atoms with Gasteiger partial charge in [-0.2, -0.15) is 0 Å². The highest BCUT2D eigenvalue weighted by Gasteiger charge is 2.06. The van der Waals surface area contributed by atoms with Crippen molar-refractivity contribution in [2.75, 3.05) is 5.32 Å². The van der Waals surface area contributed by atoms with Crippen molar-refractivity contribution in [2.24, 2.45) is 0 Å². The van der Waals surface area contributed by atoms with E-state index in [2.05, 4.69) is 5.32 Å². The molecule has 1 aromatic carbocycles. The number of hydrogen-bond donors (Lipinski definition) is 4. The SMILES string of the molecule is C[C@H](Nc1ccccc1)C(=N)NO. The zero-order valence-corrected chi connectivity index (χ0v) is 7.41. The zero-order chi connectivity index (χ0) is 9.68. The molecule has 70 valence electrons. The first-order valence-electron chi connectivity index (χ1n) is 4.04. The minimum Gasteiger partial charge on any atom is -0.375 e. The Balaban J connectivity index is 2.55. The van der Waals surface area contributed by atoms with Crippen molar-refractivity contribution in [1.82, 2.24) is 5.48 Å². The van der Waals surface area contributed by atoms with E-state index in [0.717, 1.165) is 5.69 Å². The van der Waals surface area contributed by atoms with E-state index < -0.39 is 0 Å². The maximum atomic E-state index is 8.47. The summed E-state index contributed by atoms with van der Waals surface area (Å²) in [5.74, 6) is 0.0452. The number of hydroxylamine groups is 1. The Kier molecular flexibility index (Phi) is 3.28. The van der Waals surface area contributed by atoms with E-state index >= 15 is 0 Å². The summed E-state index contributed by atoms with van der Waals surface area (Å²) < 4.78 is 0. The highest BCUT2D eigenvalue weighted by atomic mass is 16.5. The van der Waals surface area contributed by atoms with Crippen molar-refractivity contribution in [1.29, 1.82) is 5.41 Å². The quantitative estimate of drug-likeness (QED) is 0.322. The molecule has 1 atom stereocenters. The zero-order valence-electron chi connectivity index (χ0n) is 7.41. The van der Waals surface area contributed by atoms with E-state index in [1.54, 1.807) is 12.4 Å². The normalized spacial score (nSPS) is 11.8. The van der Waals surface area contributed by atoms with Gasteiger partial charge in [-0.1, -0.05) is 18.2 Å². The Morgan fingerprint density at radius 1 is 1.38 bits per heavy atom. The van der Waals surface area contributed by atoms with Gasteiger partial charge in [0.25, 0.3) is 0 Å². The molecule has 0 aromatic heterocycles. The molecule has 0 saturated heterocycles. The van der Waals surface area contributed by atoms with Crippen LogP contribution in [0.1, 0.15) is 6.92 Å². The van der Waals surface area contributed by atoms with Crippen molar-refractivity contribution in [3.63, 3.8) is 0 Å². The second-order valence-electron chi connectivity index (χ2n) is 2.76. The lowest BCUT2D eigenvalue weighted by molar-refractivity contribution is 0.230. The lowest BCUT2D eigenvalue weighted by atomic mass is 10.2. The molecule has 0 heterocycles. The van der Waals surface area contributed by atoms with Crippen LogP contribution < -0.4 is 10.8 Å². The van der Waals surface area contributed by atoms with Gasteiger partial charge in [-0.05, 0) is 19.1 Å². The smallest absolute Gasteiger partial charge is 0.140 e. The van der Waals surface area contributed by atoms with E-state index in [-0.39, 0.29) is 11.9 Å². The van der Waals surface area contributed by atoms with Gasteiger partial charge in [-0.25, -0.2) is 0 Å². The van der Waals surface area contributed by atoms with E-state index in [1.165, 1.54) is 0 Å². The Labute approximate surface area is 77.1 Å². The summed E-state index contributed by atoms with van der Waals surface area (Å²) in [5, 5.41) is 18.8. The van der Waals surface area contributed by atoms with Crippen LogP contribution in [0.15, 0.2) is 30.3 Å². The Morgan fingerprint density at radius 3 is 2.54 bits per heavy atom. The molecule has 4 nitrogen and oxygen atoms in total. The van der Waals surface area contributed by atoms with Crippen LogP contribution in [0, 0.1) is 5.41 Å². The summed E-state index contributed by atoms with van der Waals surface area (Å²) in [5.41, 5.74) is 2.73. The van der Waals surface area contributed by atoms with Crippen LogP contribution in [0.5, 0.6) is 0 Å². The van der Waals surface area contributed by atoms with Gasteiger partial charge in [0, 0.05) is 5.69 Å². The van der Waals surface area contributed by atoms with Crippen LogP contribution in [0.4, 0.5) is 5.69 Å². The molecule has 1 aromatic rings. The number of amidine groups is 1. The summed E-state index contributed by atoms with van der Waals surface area (Å²) in [6, 6.07) is 9.32. The fourth-order valence-corrected chi connectivity index (χ4v) is 0.953. The van der Waals surface area contributed by atoms with Crippen LogP contribution in [0.3, 0.4) is 0 Å². The summed E-state index contributed by atoms with van der Waals surface area (Å²) in [6.45, 7) is 1.79. The second kappa shape index (κ2) is 4.47. The number of para-hydroxylation sites is 1. The summed E-state index contributed by atoms with van der Waals surface area (Å²) >= 11 is 0. The predicted molar refractivity (Wildman–Crippen MR) is 52.2 cm³/mol. The first-order valence-corrected chi connectivity index (χ1v) is 4.04. The molecular formula is C9H13N3O. The van der Waals surface area contributed by atoms with Crippen molar-refractivity contribution in [2.45, 2.75) is 13.0 Å². The van der Waals surface area contributed by atoms with Gasteiger partial charge in [0.15, 0.2) is 0 Å². The molecular weight excluding hydrogens is 166 g/mol. The Morgan fingerprint density at radius 2 is 2.00 bits per heavy atom. The summed E-state index contributed by atoms with van der Waals surface area (Å²) in [7, 11) is 0. The lowest BCUT2D eigenvalue weighted by Gasteiger charge is -2.14. The first kappa shape index (κ1) is 9.54. The van der Waals surface area contributed by atoms with E-state index in [9.17, 15) is 0 Å². The molecule has 13 heavy (non-hydrogen) atoms. The molecule has 0 aliphatic carbocycles. The molecule has 4 N–H and O–H groups in total. The summed E-state index contributed by atoms with van der Waals surface area (Å²) in [6.07, 6.45) is 0. The number of anilines is 1.